The van der Waals surface area contributed by atoms with E-state index in [0.29, 0.717) is 6.04 Å². The van der Waals surface area contributed by atoms with E-state index < -0.39 is 0 Å². The third-order valence-corrected chi connectivity index (χ3v) is 3.68. The zero-order valence-corrected chi connectivity index (χ0v) is 11.6. The Morgan fingerprint density at radius 2 is 2.50 bits per heavy atom. The monoisotopic (exact) mass is 302 g/mol. The Hall–Kier alpha value is -0.330. The molecule has 0 radical (unpaired) electrons. The number of rotatable bonds is 3. The third kappa shape index (κ3) is 3.09. The van der Waals surface area contributed by atoms with Gasteiger partial charge >= 0.3 is 0 Å². The topological polar surface area (TPSA) is 49.8 Å². The first-order valence-corrected chi connectivity index (χ1v) is 7.35. The molecule has 6 heteroatoms. The summed E-state index contributed by atoms with van der Waals surface area (Å²) in [6.07, 6.45) is 6.19. The van der Waals surface area contributed by atoms with Crippen LogP contribution in [-0.4, -0.2) is 35.4 Å². The van der Waals surface area contributed by atoms with Crippen molar-refractivity contribution in [2.24, 2.45) is 0 Å². The van der Waals surface area contributed by atoms with Crippen molar-refractivity contribution in [1.29, 1.82) is 0 Å². The molecule has 0 spiro atoms. The molecule has 1 fully saturated rings. The highest BCUT2D eigenvalue weighted by Gasteiger charge is 2.14. The first kappa shape index (κ1) is 12.1. The van der Waals surface area contributed by atoms with Gasteiger partial charge in [0.05, 0.1) is 4.47 Å². The molecule has 88 valence electrons. The Morgan fingerprint density at radius 3 is 3.19 bits per heavy atom. The zero-order valence-electron chi connectivity index (χ0n) is 9.16. The summed E-state index contributed by atoms with van der Waals surface area (Å²) >= 11 is 5.02. The van der Waals surface area contributed by atoms with Crippen molar-refractivity contribution in [2.75, 3.05) is 24.7 Å². The molecule has 0 aliphatic carbocycles. The van der Waals surface area contributed by atoms with E-state index in [1.807, 2.05) is 6.26 Å². The standard InChI is InChI=1S/C10H15BrN4S/c1-16-10-13-6-8(11)9(15-10)14-7-3-2-4-12-5-7/h6-7,12H,2-5H2,1H3,(H,13,14,15). The Morgan fingerprint density at radius 1 is 1.62 bits per heavy atom. The summed E-state index contributed by atoms with van der Waals surface area (Å²) in [6.45, 7) is 2.13. The molecule has 0 saturated carbocycles. The average Bonchev–Trinajstić information content (AvgIpc) is 2.33. The SMILES string of the molecule is CSc1ncc(Br)c(NC2CCCNC2)n1. The van der Waals surface area contributed by atoms with Crippen LogP contribution in [0.3, 0.4) is 0 Å². The van der Waals surface area contributed by atoms with Gasteiger partial charge in [-0.05, 0) is 41.6 Å². The summed E-state index contributed by atoms with van der Waals surface area (Å²) in [5.74, 6) is 0.896. The van der Waals surface area contributed by atoms with E-state index >= 15 is 0 Å². The number of anilines is 1. The van der Waals surface area contributed by atoms with Crippen LogP contribution in [0.5, 0.6) is 0 Å². The van der Waals surface area contributed by atoms with Gasteiger partial charge in [-0.2, -0.15) is 0 Å². The van der Waals surface area contributed by atoms with E-state index in [-0.39, 0.29) is 0 Å². The maximum atomic E-state index is 4.45. The van der Waals surface area contributed by atoms with Crippen molar-refractivity contribution in [3.05, 3.63) is 10.7 Å². The molecule has 1 unspecified atom stereocenters. The van der Waals surface area contributed by atoms with Gasteiger partial charge in [-0.3, -0.25) is 0 Å². The van der Waals surface area contributed by atoms with Crippen LogP contribution in [0.2, 0.25) is 0 Å². The largest absolute Gasteiger partial charge is 0.365 e. The molecule has 0 bridgehead atoms. The summed E-state index contributed by atoms with van der Waals surface area (Å²) in [5, 5.41) is 7.63. The molecule has 1 atom stereocenters. The highest BCUT2D eigenvalue weighted by molar-refractivity contribution is 9.10. The predicted molar refractivity (Wildman–Crippen MR) is 71.0 cm³/mol. The molecule has 2 rings (SSSR count). The van der Waals surface area contributed by atoms with Crippen molar-refractivity contribution in [3.63, 3.8) is 0 Å². The fourth-order valence-electron chi connectivity index (χ4n) is 1.72. The maximum Gasteiger partial charge on any atom is 0.189 e. The molecule has 0 aromatic carbocycles. The second kappa shape index (κ2) is 5.84. The quantitative estimate of drug-likeness (QED) is 0.662. The van der Waals surface area contributed by atoms with Crippen LogP contribution in [0.1, 0.15) is 12.8 Å². The summed E-state index contributed by atoms with van der Waals surface area (Å²) in [5.41, 5.74) is 0. The summed E-state index contributed by atoms with van der Waals surface area (Å²) in [7, 11) is 0. The van der Waals surface area contributed by atoms with Gasteiger partial charge < -0.3 is 10.6 Å². The zero-order chi connectivity index (χ0) is 11.4. The van der Waals surface area contributed by atoms with Crippen molar-refractivity contribution in [1.82, 2.24) is 15.3 Å². The third-order valence-electron chi connectivity index (χ3n) is 2.54. The number of nitrogens with one attached hydrogen (secondary N) is 2. The molecule has 2 heterocycles. The Labute approximate surface area is 108 Å². The van der Waals surface area contributed by atoms with Crippen LogP contribution in [0.4, 0.5) is 5.82 Å². The van der Waals surface area contributed by atoms with Crippen molar-refractivity contribution < 1.29 is 0 Å². The molecule has 1 saturated heterocycles. The van der Waals surface area contributed by atoms with Gasteiger partial charge in [-0.15, -0.1) is 0 Å². The summed E-state index contributed by atoms with van der Waals surface area (Å²) in [6, 6.07) is 0.467. The number of nitrogens with zero attached hydrogens (tertiary/aromatic N) is 2. The second-order valence-corrected chi connectivity index (χ2v) is 5.37. The van der Waals surface area contributed by atoms with Gasteiger partial charge in [0.2, 0.25) is 0 Å². The van der Waals surface area contributed by atoms with Crippen molar-refractivity contribution >= 4 is 33.5 Å². The number of piperidine rings is 1. The lowest BCUT2D eigenvalue weighted by atomic mass is 10.1. The molecule has 1 aliphatic rings. The Kier molecular flexibility index (Phi) is 4.43. The van der Waals surface area contributed by atoms with E-state index in [2.05, 4.69) is 36.5 Å². The number of halogens is 1. The maximum absolute atomic E-state index is 4.45. The van der Waals surface area contributed by atoms with Gasteiger partial charge in [0, 0.05) is 18.8 Å². The van der Waals surface area contributed by atoms with Crippen LogP contribution in [0.15, 0.2) is 15.8 Å². The van der Waals surface area contributed by atoms with E-state index in [1.165, 1.54) is 12.8 Å². The van der Waals surface area contributed by atoms with Crippen LogP contribution in [0, 0.1) is 0 Å². The van der Waals surface area contributed by atoms with E-state index in [0.717, 1.165) is 28.5 Å². The highest BCUT2D eigenvalue weighted by atomic mass is 79.9. The summed E-state index contributed by atoms with van der Waals surface area (Å²) in [4.78, 5) is 8.65. The minimum absolute atomic E-state index is 0.467. The Bertz CT molecular complexity index is 355. The molecule has 2 N–H and O–H groups in total. The van der Waals surface area contributed by atoms with Gasteiger partial charge in [-0.1, -0.05) is 11.8 Å². The molecule has 4 nitrogen and oxygen atoms in total. The minimum Gasteiger partial charge on any atom is -0.365 e. The first-order valence-electron chi connectivity index (χ1n) is 5.33. The smallest absolute Gasteiger partial charge is 0.189 e. The Balaban J connectivity index is 2.06. The molecule has 16 heavy (non-hydrogen) atoms. The van der Waals surface area contributed by atoms with Gasteiger partial charge in [0.25, 0.3) is 0 Å². The predicted octanol–water partition coefficient (Wildman–Crippen LogP) is 2.12. The van der Waals surface area contributed by atoms with Gasteiger partial charge in [0.1, 0.15) is 5.82 Å². The first-order chi connectivity index (χ1) is 7.79. The molecule has 0 amide bonds. The molecule has 1 aliphatic heterocycles. The number of hydrogen-bond donors (Lipinski definition) is 2. The lowest BCUT2D eigenvalue weighted by Crippen LogP contribution is -2.38. The highest BCUT2D eigenvalue weighted by Crippen LogP contribution is 2.23. The van der Waals surface area contributed by atoms with Crippen LogP contribution in [-0.2, 0) is 0 Å². The lowest BCUT2D eigenvalue weighted by molar-refractivity contribution is 0.478. The summed E-state index contributed by atoms with van der Waals surface area (Å²) < 4.78 is 0.927. The number of hydrogen-bond acceptors (Lipinski definition) is 5. The average molecular weight is 303 g/mol. The fraction of sp³-hybridized carbons (Fsp3) is 0.600. The minimum atomic E-state index is 0.467. The van der Waals surface area contributed by atoms with Crippen LogP contribution >= 0.6 is 27.7 Å². The molecule has 1 aromatic heterocycles. The van der Waals surface area contributed by atoms with E-state index in [1.54, 1.807) is 18.0 Å². The van der Waals surface area contributed by atoms with Gasteiger partial charge in [-0.25, -0.2) is 9.97 Å². The normalized spacial score (nSPS) is 20.8. The van der Waals surface area contributed by atoms with Crippen molar-refractivity contribution in [2.45, 2.75) is 24.0 Å². The van der Waals surface area contributed by atoms with Crippen LogP contribution in [0.25, 0.3) is 0 Å². The molecular formula is C10H15BrN4S. The fourth-order valence-corrected chi connectivity index (χ4v) is 2.37. The van der Waals surface area contributed by atoms with Gasteiger partial charge in [0.15, 0.2) is 5.16 Å². The second-order valence-electron chi connectivity index (χ2n) is 3.74. The van der Waals surface area contributed by atoms with E-state index in [4.69, 9.17) is 0 Å². The molecule has 1 aromatic rings. The number of thioether (sulfide) groups is 1. The van der Waals surface area contributed by atoms with Crippen LogP contribution < -0.4 is 10.6 Å². The van der Waals surface area contributed by atoms with Crippen molar-refractivity contribution in [3.8, 4) is 0 Å². The molecular weight excluding hydrogens is 288 g/mol. The lowest BCUT2D eigenvalue weighted by Gasteiger charge is -2.24. The number of aromatic nitrogens is 2. The van der Waals surface area contributed by atoms with E-state index in [9.17, 15) is 0 Å².